The van der Waals surface area contributed by atoms with Crippen LogP contribution >= 0.6 is 0 Å². The number of hydrogen-bond donors (Lipinski definition) is 0. The first-order chi connectivity index (χ1) is 27.8. The highest BCUT2D eigenvalue weighted by molar-refractivity contribution is 5.69. The summed E-state index contributed by atoms with van der Waals surface area (Å²) in [4.78, 5) is 11.8. The number of carbonyl (C=O) groups excluding carboxylic acids is 1. The molecule has 0 N–H and O–H groups in total. The van der Waals surface area contributed by atoms with E-state index in [0.717, 1.165) is 25.9 Å². The Labute approximate surface area is 344 Å². The second-order valence-corrected chi connectivity index (χ2v) is 14.6. The van der Waals surface area contributed by atoms with E-state index in [0.29, 0.717) is 125 Å². The van der Waals surface area contributed by atoms with Crippen LogP contribution in [0.25, 0.3) is 0 Å². The first-order valence-corrected chi connectivity index (χ1v) is 23.2. The minimum absolute atomic E-state index is 0.132. The van der Waals surface area contributed by atoms with Gasteiger partial charge >= 0.3 is 5.97 Å². The SMILES string of the molecule is CCCCCCCCCCCCCCCOCCOCCOCCOCCOCCOCCOCCOCCOCCOC(=O)CCCCCCCCCCC. The van der Waals surface area contributed by atoms with Crippen LogP contribution in [0.1, 0.15) is 162 Å². The first-order valence-electron chi connectivity index (χ1n) is 23.2. The molecule has 0 rings (SSSR count). The van der Waals surface area contributed by atoms with Crippen LogP contribution in [-0.4, -0.2) is 132 Å². The standard InChI is InChI=1S/C45H90O11/c1-3-5-7-9-11-13-14-15-16-18-20-22-24-26-47-27-28-48-29-30-49-31-32-50-33-34-51-35-36-52-37-38-53-39-40-54-41-42-55-43-44-56-45(46)25-23-21-19-17-12-10-8-6-4-2/h3-44H2,1-2H3. The molecule has 0 atom stereocenters. The van der Waals surface area contributed by atoms with Gasteiger partial charge in [-0.1, -0.05) is 142 Å². The van der Waals surface area contributed by atoms with E-state index >= 15 is 0 Å². The molecule has 0 amide bonds. The van der Waals surface area contributed by atoms with E-state index in [4.69, 9.17) is 47.4 Å². The van der Waals surface area contributed by atoms with Crippen molar-refractivity contribution < 1.29 is 52.2 Å². The summed E-state index contributed by atoms with van der Waals surface area (Å²) < 4.78 is 55.1. The Hall–Kier alpha value is -0.890. The molecular formula is C45H90O11. The Morgan fingerprint density at radius 2 is 0.464 bits per heavy atom. The number of carbonyl (C=O) groups is 1. The van der Waals surface area contributed by atoms with Gasteiger partial charge in [0.1, 0.15) is 6.61 Å². The van der Waals surface area contributed by atoms with Crippen molar-refractivity contribution in [2.45, 2.75) is 162 Å². The van der Waals surface area contributed by atoms with Crippen molar-refractivity contribution in [1.82, 2.24) is 0 Å². The summed E-state index contributed by atoms with van der Waals surface area (Å²) in [5, 5.41) is 0. The van der Waals surface area contributed by atoms with Gasteiger partial charge in [0, 0.05) is 13.0 Å². The molecule has 0 unspecified atom stereocenters. The van der Waals surface area contributed by atoms with Crippen LogP contribution in [0.2, 0.25) is 0 Å². The van der Waals surface area contributed by atoms with Gasteiger partial charge in [-0.15, -0.1) is 0 Å². The predicted molar refractivity (Wildman–Crippen MR) is 226 cm³/mol. The molecule has 56 heavy (non-hydrogen) atoms. The van der Waals surface area contributed by atoms with Crippen molar-refractivity contribution in [3.8, 4) is 0 Å². The highest BCUT2D eigenvalue weighted by atomic mass is 16.6. The summed E-state index contributed by atoms with van der Waals surface area (Å²) in [7, 11) is 0. The summed E-state index contributed by atoms with van der Waals surface area (Å²) in [5.41, 5.74) is 0. The highest BCUT2D eigenvalue weighted by Crippen LogP contribution is 2.13. The van der Waals surface area contributed by atoms with Crippen LogP contribution in [0.15, 0.2) is 0 Å². The lowest BCUT2D eigenvalue weighted by Crippen LogP contribution is -2.15. The van der Waals surface area contributed by atoms with Crippen LogP contribution < -0.4 is 0 Å². The molecule has 0 bridgehead atoms. The first kappa shape index (κ1) is 55.1. The maximum Gasteiger partial charge on any atom is 0.305 e. The van der Waals surface area contributed by atoms with Crippen molar-refractivity contribution in [3.63, 3.8) is 0 Å². The number of hydrogen-bond acceptors (Lipinski definition) is 11. The quantitative estimate of drug-likeness (QED) is 0.0433. The molecule has 0 aromatic carbocycles. The van der Waals surface area contributed by atoms with Gasteiger partial charge in [-0.3, -0.25) is 4.79 Å². The van der Waals surface area contributed by atoms with E-state index in [-0.39, 0.29) is 5.97 Å². The summed E-state index contributed by atoms with van der Waals surface area (Å²) in [6.07, 6.45) is 29.4. The Morgan fingerprint density at radius 3 is 0.750 bits per heavy atom. The van der Waals surface area contributed by atoms with Gasteiger partial charge in [0.2, 0.25) is 0 Å². The fourth-order valence-electron chi connectivity index (χ4n) is 5.95. The molecule has 0 saturated carbocycles. The van der Waals surface area contributed by atoms with E-state index in [1.54, 1.807) is 0 Å². The fourth-order valence-corrected chi connectivity index (χ4v) is 5.95. The van der Waals surface area contributed by atoms with Crippen LogP contribution in [0.3, 0.4) is 0 Å². The van der Waals surface area contributed by atoms with Crippen molar-refractivity contribution in [1.29, 1.82) is 0 Å². The molecule has 0 saturated heterocycles. The molecule has 0 aliphatic carbocycles. The Morgan fingerprint density at radius 1 is 0.250 bits per heavy atom. The van der Waals surface area contributed by atoms with Gasteiger partial charge in [-0.25, -0.2) is 0 Å². The van der Waals surface area contributed by atoms with Gasteiger partial charge in [-0.05, 0) is 12.8 Å². The molecule has 11 heteroatoms. The molecule has 0 aliphatic heterocycles. The minimum Gasteiger partial charge on any atom is -0.463 e. The van der Waals surface area contributed by atoms with Gasteiger partial charge in [0.15, 0.2) is 0 Å². The molecule has 0 radical (unpaired) electrons. The third kappa shape index (κ3) is 51.1. The van der Waals surface area contributed by atoms with Crippen molar-refractivity contribution in [2.75, 3.05) is 126 Å². The normalized spacial score (nSPS) is 11.5. The zero-order valence-corrected chi connectivity index (χ0v) is 36.7. The maximum absolute atomic E-state index is 11.8. The van der Waals surface area contributed by atoms with Crippen molar-refractivity contribution in [2.24, 2.45) is 0 Å². The van der Waals surface area contributed by atoms with Gasteiger partial charge < -0.3 is 47.4 Å². The van der Waals surface area contributed by atoms with E-state index < -0.39 is 0 Å². The Bertz CT molecular complexity index is 716. The van der Waals surface area contributed by atoms with Gasteiger partial charge in [0.05, 0.1) is 112 Å². The third-order valence-electron chi connectivity index (χ3n) is 9.34. The molecule has 0 spiro atoms. The van der Waals surface area contributed by atoms with E-state index in [9.17, 15) is 4.79 Å². The zero-order valence-electron chi connectivity index (χ0n) is 36.7. The number of esters is 1. The Kier molecular flexibility index (Phi) is 51.3. The molecule has 0 aromatic heterocycles. The molecule has 11 nitrogen and oxygen atoms in total. The topological polar surface area (TPSA) is 109 Å². The maximum atomic E-state index is 11.8. The summed E-state index contributed by atoms with van der Waals surface area (Å²) in [5.74, 6) is -0.132. The fraction of sp³-hybridized carbons (Fsp3) is 0.978. The van der Waals surface area contributed by atoms with Gasteiger partial charge in [0.25, 0.3) is 0 Å². The lowest BCUT2D eigenvalue weighted by atomic mass is 10.0. The molecule has 336 valence electrons. The third-order valence-corrected chi connectivity index (χ3v) is 9.34. The molecule has 0 aliphatic rings. The number of rotatable bonds is 51. The smallest absolute Gasteiger partial charge is 0.305 e. The second-order valence-electron chi connectivity index (χ2n) is 14.6. The lowest BCUT2D eigenvalue weighted by molar-refractivity contribution is -0.145. The van der Waals surface area contributed by atoms with Crippen molar-refractivity contribution in [3.05, 3.63) is 0 Å². The molecule has 0 fully saturated rings. The van der Waals surface area contributed by atoms with Crippen LogP contribution in [0.5, 0.6) is 0 Å². The van der Waals surface area contributed by atoms with E-state index in [1.165, 1.54) is 122 Å². The van der Waals surface area contributed by atoms with Crippen LogP contribution in [0, 0.1) is 0 Å². The van der Waals surface area contributed by atoms with Crippen LogP contribution in [-0.2, 0) is 52.2 Å². The molecular weight excluding hydrogens is 716 g/mol. The summed E-state index contributed by atoms with van der Waals surface area (Å²) in [6, 6.07) is 0. The van der Waals surface area contributed by atoms with Gasteiger partial charge in [-0.2, -0.15) is 0 Å². The average Bonchev–Trinajstić information content (AvgIpc) is 3.20. The lowest BCUT2D eigenvalue weighted by Gasteiger charge is -2.09. The van der Waals surface area contributed by atoms with Crippen LogP contribution in [0.4, 0.5) is 0 Å². The highest BCUT2D eigenvalue weighted by Gasteiger charge is 2.03. The average molecular weight is 807 g/mol. The monoisotopic (exact) mass is 807 g/mol. The zero-order chi connectivity index (χ0) is 40.3. The Balaban J connectivity index is 3.10. The molecule has 0 aromatic rings. The summed E-state index contributed by atoms with van der Waals surface area (Å²) in [6.45, 7) is 14.5. The minimum atomic E-state index is -0.132. The van der Waals surface area contributed by atoms with E-state index in [1.807, 2.05) is 0 Å². The van der Waals surface area contributed by atoms with Crippen molar-refractivity contribution >= 4 is 5.97 Å². The number of ether oxygens (including phenoxy) is 10. The molecule has 0 heterocycles. The largest absolute Gasteiger partial charge is 0.463 e. The summed E-state index contributed by atoms with van der Waals surface area (Å²) >= 11 is 0. The predicted octanol–water partition coefficient (Wildman–Crippen LogP) is 9.69. The second kappa shape index (κ2) is 52.1. The number of unbranched alkanes of at least 4 members (excludes halogenated alkanes) is 20. The van der Waals surface area contributed by atoms with E-state index in [2.05, 4.69) is 13.8 Å².